The third-order valence-corrected chi connectivity index (χ3v) is 11.6. The third-order valence-electron chi connectivity index (χ3n) is 11.2. The van der Waals surface area contributed by atoms with Gasteiger partial charge in [-0.3, -0.25) is 14.5 Å². The van der Waals surface area contributed by atoms with Crippen molar-refractivity contribution in [3.8, 4) is 34.1 Å². The standard InChI is InChI=1S/C41H44ClF3N6O5/c1-40(39(53)54)19-20-51(22-40)21-32-38(56-3)50-36(35(47-32)41(43,44)45)48-30-17-15-26-25(9-5-10-27(26)30)28-11-6-12-29(34(28)42)31-16-13-23(37(49-31)55-2)7-4-8-24-14-18-33(52)46-24/h5-6,9-13,16,24,30H,4,7-8,14-15,17-22H2,1-3H3,(H,46,52)(H,48,50)(H,53,54)/t24-,30+,40-/m1/s1. The van der Waals surface area contributed by atoms with Gasteiger partial charge in [0.05, 0.1) is 36.4 Å². The molecule has 15 heteroatoms. The Balaban J connectivity index is 1.12. The zero-order valence-corrected chi connectivity index (χ0v) is 32.2. The monoisotopic (exact) mass is 792 g/mol. The minimum absolute atomic E-state index is 0.0130. The predicted molar refractivity (Wildman–Crippen MR) is 205 cm³/mol. The molecule has 2 aromatic heterocycles. The van der Waals surface area contributed by atoms with Crippen molar-refractivity contribution in [1.82, 2.24) is 25.2 Å². The van der Waals surface area contributed by atoms with Crippen molar-refractivity contribution in [2.75, 3.05) is 32.6 Å². The number of nitrogens with zero attached hydrogens (tertiary/aromatic N) is 4. The van der Waals surface area contributed by atoms with E-state index in [0.29, 0.717) is 54.4 Å². The molecule has 0 saturated carbocycles. The molecule has 3 atom stereocenters. The molecule has 3 N–H and O–H groups in total. The van der Waals surface area contributed by atoms with E-state index in [4.69, 9.17) is 26.1 Å². The second-order valence-corrected chi connectivity index (χ2v) is 15.4. The third kappa shape index (κ3) is 7.99. The predicted octanol–water partition coefficient (Wildman–Crippen LogP) is 7.89. The Labute approximate surface area is 328 Å². The number of carbonyl (C=O) groups is 2. The number of carboxylic acids is 1. The van der Waals surface area contributed by atoms with Crippen LogP contribution in [0, 0.1) is 5.41 Å². The van der Waals surface area contributed by atoms with Crippen LogP contribution in [0.25, 0.3) is 22.4 Å². The number of aliphatic carboxylic acids is 1. The van der Waals surface area contributed by atoms with Crippen LogP contribution in [0.4, 0.5) is 19.0 Å². The number of alkyl halides is 3. The lowest BCUT2D eigenvalue weighted by Crippen LogP contribution is -2.32. The van der Waals surface area contributed by atoms with Crippen molar-refractivity contribution in [1.29, 1.82) is 0 Å². The number of methoxy groups -OCH3 is 2. The maximum Gasteiger partial charge on any atom is 0.437 e. The van der Waals surface area contributed by atoms with Crippen molar-refractivity contribution < 1.29 is 37.3 Å². The second-order valence-electron chi connectivity index (χ2n) is 15.0. The Morgan fingerprint density at radius 2 is 1.77 bits per heavy atom. The number of benzene rings is 2. The number of aryl methyl sites for hydroxylation is 1. The van der Waals surface area contributed by atoms with Gasteiger partial charge in [-0.05, 0) is 81.2 Å². The SMILES string of the molecule is COc1nc(-c2cccc(-c3cccc4c3CC[C@@H]4Nc3nc(OC)c(CN4CC[C@@](C)(C(=O)O)C4)nc3C(F)(F)F)c2Cl)ccc1CCC[C@@H]1CCC(=O)N1. The molecule has 7 rings (SSSR count). The van der Waals surface area contributed by atoms with Crippen LogP contribution in [0.2, 0.25) is 5.02 Å². The molecule has 56 heavy (non-hydrogen) atoms. The number of nitrogens with one attached hydrogen (secondary N) is 2. The summed E-state index contributed by atoms with van der Waals surface area (Å²) >= 11 is 7.14. The van der Waals surface area contributed by atoms with Crippen molar-refractivity contribution in [3.05, 3.63) is 81.6 Å². The van der Waals surface area contributed by atoms with E-state index in [9.17, 15) is 27.9 Å². The summed E-state index contributed by atoms with van der Waals surface area (Å²) in [6.45, 7) is 2.15. The average Bonchev–Trinajstić information content (AvgIpc) is 3.90. The quantitative estimate of drug-likeness (QED) is 0.123. The molecule has 2 aromatic carbocycles. The van der Waals surface area contributed by atoms with Gasteiger partial charge in [-0.15, -0.1) is 0 Å². The summed E-state index contributed by atoms with van der Waals surface area (Å²) in [5, 5.41) is 16.2. The van der Waals surface area contributed by atoms with Crippen LogP contribution in [0.3, 0.4) is 0 Å². The number of carboxylic acid groups (broad SMARTS) is 1. The summed E-state index contributed by atoms with van der Waals surface area (Å²) < 4.78 is 54.8. The number of halogens is 4. The summed E-state index contributed by atoms with van der Waals surface area (Å²) in [5.41, 5.74) is 3.58. The van der Waals surface area contributed by atoms with Crippen LogP contribution in [0.5, 0.6) is 11.8 Å². The van der Waals surface area contributed by atoms with Gasteiger partial charge < -0.3 is 25.2 Å². The zero-order chi connectivity index (χ0) is 39.8. The highest BCUT2D eigenvalue weighted by Gasteiger charge is 2.42. The molecule has 1 amide bonds. The summed E-state index contributed by atoms with van der Waals surface area (Å²) in [5.74, 6) is -0.830. The van der Waals surface area contributed by atoms with Crippen LogP contribution >= 0.6 is 11.6 Å². The first-order chi connectivity index (χ1) is 26.8. The first kappa shape index (κ1) is 39.3. The van der Waals surface area contributed by atoms with E-state index in [2.05, 4.69) is 20.6 Å². The molecule has 2 fully saturated rings. The molecular weight excluding hydrogens is 749 g/mol. The van der Waals surface area contributed by atoms with Gasteiger partial charge in [0.2, 0.25) is 17.7 Å². The highest BCUT2D eigenvalue weighted by atomic mass is 35.5. The van der Waals surface area contributed by atoms with Gasteiger partial charge in [-0.25, -0.2) is 9.97 Å². The maximum absolute atomic E-state index is 14.6. The molecule has 0 radical (unpaired) electrons. The van der Waals surface area contributed by atoms with Crippen LogP contribution < -0.4 is 20.1 Å². The van der Waals surface area contributed by atoms with Gasteiger partial charge in [0.15, 0.2) is 11.5 Å². The number of ether oxygens (including phenoxy) is 2. The number of hydrogen-bond acceptors (Lipinski definition) is 9. The number of fused-ring (bicyclic) bond motifs is 1. The summed E-state index contributed by atoms with van der Waals surface area (Å²) in [6.07, 6.45) is 0.581. The van der Waals surface area contributed by atoms with E-state index < -0.39 is 35.1 Å². The minimum atomic E-state index is -4.82. The molecule has 2 saturated heterocycles. The lowest BCUT2D eigenvalue weighted by atomic mass is 9.90. The fourth-order valence-electron chi connectivity index (χ4n) is 8.18. The van der Waals surface area contributed by atoms with Crippen molar-refractivity contribution in [3.63, 3.8) is 0 Å². The Kier molecular flexibility index (Phi) is 11.1. The van der Waals surface area contributed by atoms with Crippen LogP contribution in [-0.2, 0) is 35.2 Å². The van der Waals surface area contributed by atoms with E-state index in [0.717, 1.165) is 53.5 Å². The molecule has 4 heterocycles. The Morgan fingerprint density at radius 1 is 1.02 bits per heavy atom. The van der Waals surface area contributed by atoms with Gasteiger partial charge in [0.1, 0.15) is 5.69 Å². The highest BCUT2D eigenvalue weighted by Crippen LogP contribution is 2.45. The number of pyridine rings is 1. The number of rotatable bonds is 13. The van der Waals surface area contributed by atoms with Crippen LogP contribution in [0.1, 0.15) is 79.6 Å². The van der Waals surface area contributed by atoms with Gasteiger partial charge in [0.25, 0.3) is 0 Å². The lowest BCUT2D eigenvalue weighted by Gasteiger charge is -2.23. The average molecular weight is 793 g/mol. The lowest BCUT2D eigenvalue weighted by molar-refractivity contribution is -0.147. The smallest absolute Gasteiger partial charge is 0.437 e. The van der Waals surface area contributed by atoms with Crippen molar-refractivity contribution in [2.24, 2.45) is 5.41 Å². The largest absolute Gasteiger partial charge is 0.481 e. The molecule has 0 spiro atoms. The minimum Gasteiger partial charge on any atom is -0.481 e. The first-order valence-corrected chi connectivity index (χ1v) is 19.1. The molecule has 4 aromatic rings. The molecule has 2 aliphatic heterocycles. The first-order valence-electron chi connectivity index (χ1n) is 18.8. The van der Waals surface area contributed by atoms with Gasteiger partial charge in [-0.1, -0.05) is 54.1 Å². The number of likely N-dealkylation sites (tertiary alicyclic amines) is 1. The Hall–Kier alpha value is -4.95. The van der Waals surface area contributed by atoms with Crippen molar-refractivity contribution in [2.45, 2.75) is 83.1 Å². The fourth-order valence-corrected chi connectivity index (χ4v) is 8.50. The Morgan fingerprint density at radius 3 is 2.46 bits per heavy atom. The molecule has 296 valence electrons. The number of hydrogen-bond donors (Lipinski definition) is 3. The molecular formula is C41H44ClF3N6O5. The van der Waals surface area contributed by atoms with E-state index in [1.165, 1.54) is 7.11 Å². The van der Waals surface area contributed by atoms with E-state index in [1.807, 2.05) is 48.5 Å². The number of carbonyl (C=O) groups excluding carboxylic acids is 1. The van der Waals surface area contributed by atoms with Gasteiger partial charge >= 0.3 is 12.1 Å². The number of aromatic nitrogens is 3. The van der Waals surface area contributed by atoms with Crippen LogP contribution in [0.15, 0.2) is 48.5 Å². The highest BCUT2D eigenvalue weighted by molar-refractivity contribution is 6.36. The molecule has 0 bridgehead atoms. The zero-order valence-electron chi connectivity index (χ0n) is 31.4. The molecule has 11 nitrogen and oxygen atoms in total. The molecule has 0 unspecified atom stereocenters. The van der Waals surface area contributed by atoms with E-state index in [-0.39, 0.29) is 36.6 Å². The van der Waals surface area contributed by atoms with E-state index in [1.54, 1.807) is 18.9 Å². The second kappa shape index (κ2) is 15.9. The maximum atomic E-state index is 14.6. The van der Waals surface area contributed by atoms with Gasteiger partial charge in [-0.2, -0.15) is 18.2 Å². The summed E-state index contributed by atoms with van der Waals surface area (Å²) in [7, 11) is 2.91. The molecule has 1 aliphatic carbocycles. The summed E-state index contributed by atoms with van der Waals surface area (Å²) in [4.78, 5) is 38.2. The van der Waals surface area contributed by atoms with Crippen LogP contribution in [-0.4, -0.2) is 70.2 Å². The number of amides is 1. The normalized spacial score (nSPS) is 20.9. The van der Waals surface area contributed by atoms with Gasteiger partial charge in [0, 0.05) is 42.2 Å². The summed E-state index contributed by atoms with van der Waals surface area (Å²) in [6, 6.07) is 15.1. The molecule has 3 aliphatic rings. The topological polar surface area (TPSA) is 139 Å². The Bertz CT molecular complexity index is 2150. The van der Waals surface area contributed by atoms with Crippen molar-refractivity contribution >= 4 is 29.3 Å². The number of anilines is 1. The fraction of sp³-hybridized carbons (Fsp3) is 0.439. The van der Waals surface area contributed by atoms with E-state index >= 15 is 0 Å².